The van der Waals surface area contributed by atoms with Crippen LogP contribution in [0.2, 0.25) is 0 Å². The smallest absolute Gasteiger partial charge is 0.221 e. The highest BCUT2D eigenvalue weighted by molar-refractivity contribution is 5.89. The van der Waals surface area contributed by atoms with Gasteiger partial charge >= 0.3 is 0 Å². The highest BCUT2D eigenvalue weighted by Crippen LogP contribution is 2.39. The Morgan fingerprint density at radius 3 is 2.61 bits per heavy atom. The predicted octanol–water partition coefficient (Wildman–Crippen LogP) is 5.92. The number of H-pyrrole nitrogens is 1. The van der Waals surface area contributed by atoms with E-state index in [1.54, 1.807) is 0 Å². The van der Waals surface area contributed by atoms with E-state index in [2.05, 4.69) is 50.0 Å². The second kappa shape index (κ2) is 12.4. The zero-order chi connectivity index (χ0) is 23.1. The number of aromatic amines is 1. The van der Waals surface area contributed by atoms with Crippen LogP contribution in [0, 0.1) is 11.8 Å². The van der Waals surface area contributed by atoms with Gasteiger partial charge in [0.05, 0.1) is 6.42 Å². The molecule has 0 spiro atoms. The van der Waals surface area contributed by atoms with Crippen LogP contribution in [-0.2, 0) is 17.6 Å². The molecule has 3 atom stereocenters. The third-order valence-electron chi connectivity index (χ3n) is 6.39. The maximum absolute atomic E-state index is 11.2. The second-order valence-electron chi connectivity index (χ2n) is 8.88. The van der Waals surface area contributed by atoms with Crippen molar-refractivity contribution in [2.24, 2.45) is 23.3 Å². The fourth-order valence-corrected chi connectivity index (χ4v) is 4.55. The van der Waals surface area contributed by atoms with E-state index in [-0.39, 0.29) is 25.9 Å². The summed E-state index contributed by atoms with van der Waals surface area (Å²) in [4.78, 5) is 14.4. The van der Waals surface area contributed by atoms with Crippen molar-refractivity contribution in [3.63, 3.8) is 0 Å². The van der Waals surface area contributed by atoms with E-state index < -0.39 is 0 Å². The normalized spacial score (nSPS) is 17.5. The number of rotatable bonds is 8. The summed E-state index contributed by atoms with van der Waals surface area (Å²) in [6.07, 6.45) is 6.99. The van der Waals surface area contributed by atoms with Crippen molar-refractivity contribution in [3.8, 4) is 5.75 Å². The minimum atomic E-state index is -0.333. The summed E-state index contributed by atoms with van der Waals surface area (Å²) in [5.41, 5.74) is 15.3. The third-order valence-corrected chi connectivity index (χ3v) is 6.39. The van der Waals surface area contributed by atoms with Gasteiger partial charge in [0.2, 0.25) is 5.91 Å². The average Bonchev–Trinajstić information content (AvgIpc) is 3.32. The molecule has 3 aromatic rings. The van der Waals surface area contributed by atoms with E-state index in [1.807, 2.05) is 24.4 Å². The summed E-state index contributed by atoms with van der Waals surface area (Å²) in [6.45, 7) is 7.49. The quantitative estimate of drug-likeness (QED) is 0.397. The zero-order valence-corrected chi connectivity index (χ0v) is 19.6. The van der Waals surface area contributed by atoms with E-state index in [0.29, 0.717) is 5.92 Å². The number of nitrogens with two attached hydrogens (primary N) is 2. The molecule has 0 radical (unpaired) electrons. The summed E-state index contributed by atoms with van der Waals surface area (Å²) < 4.78 is 6.32. The fraction of sp³-hybridized carbons (Fsp3) is 0.464. The Bertz CT molecular complexity index is 1020. The van der Waals surface area contributed by atoms with Gasteiger partial charge in [-0.05, 0) is 60.2 Å². The number of carbonyl (C=O) groups excluding carboxylic acids is 1. The van der Waals surface area contributed by atoms with E-state index in [1.165, 1.54) is 30.4 Å². The van der Waals surface area contributed by atoms with Gasteiger partial charge in [-0.2, -0.15) is 0 Å². The van der Waals surface area contributed by atoms with Crippen LogP contribution in [0.3, 0.4) is 0 Å². The van der Waals surface area contributed by atoms with Gasteiger partial charge in [-0.25, -0.2) is 0 Å². The molecule has 1 aliphatic carbocycles. The maximum atomic E-state index is 11.2. The molecule has 2 unspecified atom stereocenters. The number of carbonyl (C=O) groups is 1. The lowest BCUT2D eigenvalue weighted by Gasteiger charge is -2.19. The molecular weight excluding hydrogens is 410 g/mol. The first-order chi connectivity index (χ1) is 15.5. The van der Waals surface area contributed by atoms with E-state index >= 15 is 0 Å². The predicted molar refractivity (Wildman–Crippen MR) is 138 cm³/mol. The van der Waals surface area contributed by atoms with Gasteiger partial charge in [0.15, 0.2) is 0 Å². The van der Waals surface area contributed by atoms with Crippen LogP contribution in [0.15, 0.2) is 48.7 Å². The lowest BCUT2D eigenvalue weighted by molar-refractivity contribution is -0.117. The number of amides is 1. The minimum absolute atomic E-state index is 0. The van der Waals surface area contributed by atoms with Crippen LogP contribution in [0.25, 0.3) is 10.9 Å². The molecule has 33 heavy (non-hydrogen) atoms. The zero-order valence-electron chi connectivity index (χ0n) is 19.6. The highest BCUT2D eigenvalue weighted by atomic mass is 16.5. The summed E-state index contributed by atoms with van der Waals surface area (Å²) >= 11 is 0. The summed E-state index contributed by atoms with van der Waals surface area (Å²) in [5, 5.41) is 0.991. The first-order valence-corrected chi connectivity index (χ1v) is 11.8. The summed E-state index contributed by atoms with van der Waals surface area (Å²) in [6, 6.07) is 14.4. The maximum Gasteiger partial charge on any atom is 0.221 e. The first-order valence-electron chi connectivity index (χ1n) is 11.8. The average molecular weight is 452 g/mol. The van der Waals surface area contributed by atoms with Crippen molar-refractivity contribution < 1.29 is 9.53 Å². The van der Waals surface area contributed by atoms with Gasteiger partial charge in [-0.1, -0.05) is 65.3 Å². The monoisotopic (exact) mass is 451 g/mol. The molecule has 2 aromatic carbocycles. The Balaban J connectivity index is 0.000000372. The lowest BCUT2D eigenvalue weighted by Crippen LogP contribution is -2.13. The van der Waals surface area contributed by atoms with Gasteiger partial charge in [0.25, 0.3) is 0 Å². The largest absolute Gasteiger partial charge is 0.485 e. The third kappa shape index (κ3) is 6.61. The molecule has 1 aliphatic rings. The number of benzene rings is 2. The van der Waals surface area contributed by atoms with Crippen LogP contribution >= 0.6 is 0 Å². The molecule has 5 nitrogen and oxygen atoms in total. The van der Waals surface area contributed by atoms with Crippen LogP contribution < -0.4 is 16.2 Å². The van der Waals surface area contributed by atoms with Crippen LogP contribution in [-0.4, -0.2) is 17.4 Å². The Morgan fingerprint density at radius 1 is 1.21 bits per heavy atom. The molecule has 0 saturated heterocycles. The van der Waals surface area contributed by atoms with Gasteiger partial charge in [-0.3, -0.25) is 4.79 Å². The van der Waals surface area contributed by atoms with Crippen LogP contribution in [0.5, 0.6) is 5.75 Å². The minimum Gasteiger partial charge on any atom is -0.485 e. The fourth-order valence-electron chi connectivity index (χ4n) is 4.55. The van der Waals surface area contributed by atoms with Crippen LogP contribution in [0.1, 0.15) is 70.3 Å². The Kier molecular flexibility index (Phi) is 9.98. The summed E-state index contributed by atoms with van der Waals surface area (Å²) in [7, 11) is 0. The Morgan fingerprint density at radius 2 is 1.97 bits per heavy atom. The van der Waals surface area contributed by atoms with Crippen LogP contribution in [0.4, 0.5) is 0 Å². The molecule has 5 heteroatoms. The van der Waals surface area contributed by atoms with Gasteiger partial charge in [0.1, 0.15) is 11.9 Å². The van der Waals surface area contributed by atoms with Crippen molar-refractivity contribution in [1.82, 2.24) is 4.98 Å². The number of hydrogen-bond donors (Lipinski definition) is 3. The van der Waals surface area contributed by atoms with E-state index in [0.717, 1.165) is 41.1 Å². The molecule has 180 valence electrons. The number of primary amides is 1. The van der Waals surface area contributed by atoms with Gasteiger partial charge in [-0.15, -0.1) is 0 Å². The van der Waals surface area contributed by atoms with E-state index in [4.69, 9.17) is 16.2 Å². The van der Waals surface area contributed by atoms with Crippen molar-refractivity contribution in [3.05, 3.63) is 65.4 Å². The number of aromatic nitrogens is 1. The van der Waals surface area contributed by atoms with Crippen molar-refractivity contribution in [1.29, 1.82) is 0 Å². The molecule has 5 N–H and O–H groups in total. The molecule has 1 heterocycles. The molecule has 4 rings (SSSR count). The van der Waals surface area contributed by atoms with Crippen molar-refractivity contribution in [2.75, 3.05) is 6.54 Å². The number of hydrogen-bond acceptors (Lipinski definition) is 3. The molecule has 1 aromatic heterocycles. The summed E-state index contributed by atoms with van der Waals surface area (Å²) in [5.74, 6) is 1.70. The van der Waals surface area contributed by atoms with E-state index in [9.17, 15) is 4.79 Å². The van der Waals surface area contributed by atoms with Crippen molar-refractivity contribution >= 4 is 16.8 Å². The SMILES string of the molecule is C.CCCC(CC)CN.C[C@@H]1Cc2ccccc2C1Oc1ccc2[nH]cc(CC(N)=O)c2c1. The second-order valence-corrected chi connectivity index (χ2v) is 8.88. The molecule has 0 bridgehead atoms. The number of fused-ring (bicyclic) bond motifs is 2. The first kappa shape index (κ1) is 26.5. The lowest BCUT2D eigenvalue weighted by atomic mass is 10.0. The van der Waals surface area contributed by atoms with Gasteiger partial charge in [0, 0.05) is 23.0 Å². The molecule has 1 amide bonds. The van der Waals surface area contributed by atoms with Crippen molar-refractivity contribution in [2.45, 2.75) is 66.4 Å². The Hall–Kier alpha value is -2.79. The number of nitrogens with one attached hydrogen (secondary N) is 1. The van der Waals surface area contributed by atoms with Gasteiger partial charge < -0.3 is 21.2 Å². The number of ether oxygens (including phenoxy) is 1. The standard InChI is InChI=1S/C20H20N2O2.C7H17N.CH4/c1-12-8-13-4-2-3-5-16(13)20(12)24-15-6-7-18-17(10-15)14(11-22-18)9-19(21)23;1-3-5-7(4-2)6-8;/h2-7,10-12,20,22H,8-9H2,1H3,(H2,21,23);7H,3-6,8H2,1-2H3;1H4/t12-,20?;;/m1../s1. The topological polar surface area (TPSA) is 94.1 Å². The molecule has 0 fully saturated rings. The molecule has 0 aliphatic heterocycles. The molecular formula is C28H41N3O2. The Labute approximate surface area is 198 Å². The highest BCUT2D eigenvalue weighted by Gasteiger charge is 2.30. The molecule has 0 saturated carbocycles.